The number of nitrogens with zero attached hydrogens (tertiary/aromatic N) is 1. The molecule has 0 aromatic heterocycles. The Kier molecular flexibility index (Phi) is 4.82. The van der Waals surface area contributed by atoms with E-state index in [0.717, 1.165) is 24.3 Å². The molecule has 1 amide bonds. The van der Waals surface area contributed by atoms with E-state index >= 15 is 0 Å². The summed E-state index contributed by atoms with van der Waals surface area (Å²) in [6.45, 7) is 2.82. The van der Waals surface area contributed by atoms with Crippen molar-refractivity contribution in [1.82, 2.24) is 4.90 Å². The van der Waals surface area contributed by atoms with Crippen molar-refractivity contribution in [3.8, 4) is 0 Å². The Hall–Kier alpha value is -0.380. The van der Waals surface area contributed by atoms with Gasteiger partial charge in [-0.1, -0.05) is 36.2 Å². The molecular formula is C13H15Cl2NOS. The second kappa shape index (κ2) is 6.18. The lowest BCUT2D eigenvalue weighted by Gasteiger charge is -2.24. The maximum Gasteiger partial charge on any atom is 0.223 e. The molecule has 5 heteroatoms. The minimum atomic E-state index is 0.0359. The Bertz CT molecular complexity index is 453. The van der Waals surface area contributed by atoms with Crippen LogP contribution in [0.25, 0.3) is 0 Å². The van der Waals surface area contributed by atoms with E-state index in [1.165, 1.54) is 0 Å². The number of carbonyl (C=O) groups is 1. The van der Waals surface area contributed by atoms with Crippen LogP contribution < -0.4 is 0 Å². The molecular weight excluding hydrogens is 289 g/mol. The van der Waals surface area contributed by atoms with E-state index in [2.05, 4.69) is 0 Å². The van der Waals surface area contributed by atoms with Crippen molar-refractivity contribution in [3.63, 3.8) is 0 Å². The summed E-state index contributed by atoms with van der Waals surface area (Å²) < 4.78 is 0. The van der Waals surface area contributed by atoms with Crippen molar-refractivity contribution in [2.45, 2.75) is 25.1 Å². The number of amides is 1. The van der Waals surface area contributed by atoms with Gasteiger partial charge in [0, 0.05) is 34.3 Å². The Labute approximate surface area is 122 Å². The van der Waals surface area contributed by atoms with Gasteiger partial charge in [0.2, 0.25) is 5.91 Å². The van der Waals surface area contributed by atoms with Gasteiger partial charge in [-0.15, -0.1) is 11.8 Å². The molecule has 18 heavy (non-hydrogen) atoms. The molecule has 0 aliphatic carbocycles. The summed E-state index contributed by atoms with van der Waals surface area (Å²) in [6.07, 6.45) is 1.48. The van der Waals surface area contributed by atoms with E-state index in [1.807, 2.05) is 24.0 Å². The van der Waals surface area contributed by atoms with E-state index in [0.29, 0.717) is 16.5 Å². The molecule has 1 saturated heterocycles. The molecule has 1 atom stereocenters. The third-order valence-electron chi connectivity index (χ3n) is 2.90. The van der Waals surface area contributed by atoms with Gasteiger partial charge in [0.15, 0.2) is 0 Å². The second-order valence-corrected chi connectivity index (χ2v) is 6.26. The SMILES string of the molecule is CCCC(=O)N1CCS[C@H]1c1ccc(Cl)cc1Cl. The molecule has 0 radical (unpaired) electrons. The van der Waals surface area contributed by atoms with Gasteiger partial charge in [0.1, 0.15) is 5.37 Å². The molecule has 0 unspecified atom stereocenters. The van der Waals surface area contributed by atoms with Gasteiger partial charge in [-0.3, -0.25) is 4.79 Å². The van der Waals surface area contributed by atoms with Crippen LogP contribution in [-0.2, 0) is 4.79 Å². The molecule has 0 spiro atoms. The van der Waals surface area contributed by atoms with Crippen molar-refractivity contribution in [3.05, 3.63) is 33.8 Å². The average molecular weight is 304 g/mol. The van der Waals surface area contributed by atoms with Crippen LogP contribution in [-0.4, -0.2) is 23.1 Å². The maximum atomic E-state index is 12.1. The molecule has 98 valence electrons. The molecule has 1 heterocycles. The third-order valence-corrected chi connectivity index (χ3v) is 4.71. The normalized spacial score (nSPS) is 19.3. The van der Waals surface area contributed by atoms with E-state index < -0.39 is 0 Å². The average Bonchev–Trinajstić information content (AvgIpc) is 2.78. The number of benzene rings is 1. The second-order valence-electron chi connectivity index (χ2n) is 4.23. The highest BCUT2D eigenvalue weighted by Gasteiger charge is 2.31. The fourth-order valence-corrected chi connectivity index (χ4v) is 3.93. The Morgan fingerprint density at radius 2 is 2.28 bits per heavy atom. The quantitative estimate of drug-likeness (QED) is 0.826. The Morgan fingerprint density at radius 3 is 2.94 bits per heavy atom. The van der Waals surface area contributed by atoms with Crippen molar-refractivity contribution < 1.29 is 4.79 Å². The first-order valence-corrected chi connectivity index (χ1v) is 7.80. The zero-order chi connectivity index (χ0) is 13.1. The van der Waals surface area contributed by atoms with Gasteiger partial charge in [-0.05, 0) is 18.6 Å². The molecule has 1 aliphatic rings. The summed E-state index contributed by atoms with van der Waals surface area (Å²) in [4.78, 5) is 14.0. The predicted octanol–water partition coefficient (Wildman–Crippen LogP) is 4.37. The lowest BCUT2D eigenvalue weighted by Crippen LogP contribution is -2.30. The summed E-state index contributed by atoms with van der Waals surface area (Å²) in [5.41, 5.74) is 0.980. The molecule has 0 bridgehead atoms. The summed E-state index contributed by atoms with van der Waals surface area (Å²) in [7, 11) is 0. The Balaban J connectivity index is 2.23. The predicted molar refractivity (Wildman–Crippen MR) is 78.3 cm³/mol. The molecule has 1 aromatic carbocycles. The molecule has 1 aliphatic heterocycles. The number of hydrogen-bond donors (Lipinski definition) is 0. The number of hydrogen-bond acceptors (Lipinski definition) is 2. The molecule has 2 nitrogen and oxygen atoms in total. The van der Waals surface area contributed by atoms with Gasteiger partial charge < -0.3 is 4.90 Å². The molecule has 0 saturated carbocycles. The lowest BCUT2D eigenvalue weighted by atomic mass is 10.2. The smallest absolute Gasteiger partial charge is 0.223 e. The Morgan fingerprint density at radius 1 is 1.50 bits per heavy atom. The zero-order valence-corrected chi connectivity index (χ0v) is 12.5. The van der Waals surface area contributed by atoms with Crippen LogP contribution in [0, 0.1) is 0 Å². The first-order chi connectivity index (χ1) is 8.63. The van der Waals surface area contributed by atoms with Crippen molar-refractivity contribution in [2.24, 2.45) is 0 Å². The number of thioether (sulfide) groups is 1. The van der Waals surface area contributed by atoms with Gasteiger partial charge in [0.05, 0.1) is 0 Å². The fourth-order valence-electron chi connectivity index (χ4n) is 2.04. The molecule has 1 aromatic rings. The van der Waals surface area contributed by atoms with E-state index in [1.54, 1.807) is 17.8 Å². The van der Waals surface area contributed by atoms with Crippen molar-refractivity contribution >= 4 is 40.9 Å². The highest BCUT2D eigenvalue weighted by Crippen LogP contribution is 2.41. The summed E-state index contributed by atoms with van der Waals surface area (Å²) >= 11 is 13.9. The largest absolute Gasteiger partial charge is 0.326 e. The van der Waals surface area contributed by atoms with Crippen LogP contribution in [0.1, 0.15) is 30.7 Å². The lowest BCUT2D eigenvalue weighted by molar-refractivity contribution is -0.131. The summed E-state index contributed by atoms with van der Waals surface area (Å²) in [5.74, 6) is 1.16. The highest BCUT2D eigenvalue weighted by molar-refractivity contribution is 7.99. The number of rotatable bonds is 3. The van der Waals surface area contributed by atoms with Crippen LogP contribution in [0.4, 0.5) is 0 Å². The number of carbonyl (C=O) groups excluding carboxylic acids is 1. The molecule has 2 rings (SSSR count). The van der Waals surface area contributed by atoms with Crippen LogP contribution in [0.5, 0.6) is 0 Å². The van der Waals surface area contributed by atoms with Gasteiger partial charge in [0.25, 0.3) is 0 Å². The minimum Gasteiger partial charge on any atom is -0.326 e. The van der Waals surface area contributed by atoms with Crippen molar-refractivity contribution in [2.75, 3.05) is 12.3 Å². The fraction of sp³-hybridized carbons (Fsp3) is 0.462. The maximum absolute atomic E-state index is 12.1. The highest BCUT2D eigenvalue weighted by atomic mass is 35.5. The van der Waals surface area contributed by atoms with Crippen LogP contribution in [0.2, 0.25) is 10.0 Å². The van der Waals surface area contributed by atoms with Gasteiger partial charge in [-0.25, -0.2) is 0 Å². The monoisotopic (exact) mass is 303 g/mol. The van der Waals surface area contributed by atoms with Crippen LogP contribution in [0.3, 0.4) is 0 Å². The van der Waals surface area contributed by atoms with Crippen molar-refractivity contribution in [1.29, 1.82) is 0 Å². The summed E-state index contributed by atoms with van der Waals surface area (Å²) in [6, 6.07) is 5.48. The van der Waals surface area contributed by atoms with Crippen LogP contribution in [0.15, 0.2) is 18.2 Å². The van der Waals surface area contributed by atoms with Gasteiger partial charge in [-0.2, -0.15) is 0 Å². The standard InChI is InChI=1S/C13H15Cl2NOS/c1-2-3-12(17)16-6-7-18-13(16)10-5-4-9(14)8-11(10)15/h4-5,8,13H,2-3,6-7H2,1H3/t13-/m0/s1. The first kappa shape index (κ1) is 14.0. The van der Waals surface area contributed by atoms with E-state index in [-0.39, 0.29) is 11.3 Å². The molecule has 1 fully saturated rings. The van der Waals surface area contributed by atoms with Gasteiger partial charge >= 0.3 is 0 Å². The number of halogens is 2. The van der Waals surface area contributed by atoms with E-state index in [4.69, 9.17) is 23.2 Å². The first-order valence-electron chi connectivity index (χ1n) is 5.99. The van der Waals surface area contributed by atoms with E-state index in [9.17, 15) is 4.79 Å². The van der Waals surface area contributed by atoms with Crippen LogP contribution >= 0.6 is 35.0 Å². The zero-order valence-electron chi connectivity index (χ0n) is 10.2. The topological polar surface area (TPSA) is 20.3 Å². The minimum absolute atomic E-state index is 0.0359. The molecule has 0 N–H and O–H groups in total. The summed E-state index contributed by atoms with van der Waals surface area (Å²) in [5, 5.41) is 1.29. The third kappa shape index (κ3) is 2.95.